The first-order valence-electron chi connectivity index (χ1n) is 8.05. The van der Waals surface area contributed by atoms with Gasteiger partial charge in [-0.1, -0.05) is 0 Å². The van der Waals surface area contributed by atoms with Crippen LogP contribution in [0.5, 0.6) is 0 Å². The second-order valence-electron chi connectivity index (χ2n) is 5.76. The summed E-state index contributed by atoms with van der Waals surface area (Å²) in [4.78, 5) is 34.2. The molecular formula is C20H16N2O5. The Balaban J connectivity index is 1.67. The van der Waals surface area contributed by atoms with Gasteiger partial charge in [0, 0.05) is 29.4 Å². The molecule has 0 unspecified atom stereocenters. The number of furan rings is 1. The second kappa shape index (κ2) is 7.57. The number of hydrogen-bond donors (Lipinski definition) is 3. The minimum Gasteiger partial charge on any atom is -0.475 e. The molecule has 1 heterocycles. The average molecular weight is 364 g/mol. The number of carboxylic acid groups (broad SMARTS) is 1. The van der Waals surface area contributed by atoms with Crippen LogP contribution in [0.25, 0.3) is 11.3 Å². The van der Waals surface area contributed by atoms with E-state index in [1.54, 1.807) is 54.6 Å². The van der Waals surface area contributed by atoms with Crippen molar-refractivity contribution in [1.82, 2.24) is 0 Å². The van der Waals surface area contributed by atoms with Crippen molar-refractivity contribution < 1.29 is 23.9 Å². The fourth-order valence-corrected chi connectivity index (χ4v) is 2.44. The Kier molecular flexibility index (Phi) is 5.03. The van der Waals surface area contributed by atoms with Crippen LogP contribution in [0.15, 0.2) is 65.1 Å². The van der Waals surface area contributed by atoms with Gasteiger partial charge in [0.2, 0.25) is 11.7 Å². The van der Waals surface area contributed by atoms with Gasteiger partial charge in [0.15, 0.2) is 0 Å². The lowest BCUT2D eigenvalue weighted by molar-refractivity contribution is -0.114. The van der Waals surface area contributed by atoms with E-state index in [0.717, 1.165) is 0 Å². The van der Waals surface area contributed by atoms with Crippen LogP contribution in [0.3, 0.4) is 0 Å². The van der Waals surface area contributed by atoms with Crippen molar-refractivity contribution in [2.24, 2.45) is 0 Å². The highest BCUT2D eigenvalue weighted by Gasteiger charge is 2.11. The Labute approximate surface area is 154 Å². The molecule has 0 saturated heterocycles. The van der Waals surface area contributed by atoms with Gasteiger partial charge in [-0.15, -0.1) is 0 Å². The molecule has 0 aliphatic rings. The van der Waals surface area contributed by atoms with Crippen molar-refractivity contribution >= 4 is 29.2 Å². The lowest BCUT2D eigenvalue weighted by Crippen LogP contribution is -2.12. The van der Waals surface area contributed by atoms with Crippen molar-refractivity contribution in [3.05, 3.63) is 72.0 Å². The number of rotatable bonds is 5. The Bertz CT molecular complexity index is 988. The van der Waals surface area contributed by atoms with Crippen molar-refractivity contribution in [2.45, 2.75) is 6.92 Å². The molecule has 2 aromatic carbocycles. The minimum absolute atomic E-state index is 0.134. The first kappa shape index (κ1) is 17.9. The molecule has 0 aliphatic heterocycles. The van der Waals surface area contributed by atoms with E-state index < -0.39 is 5.97 Å². The predicted molar refractivity (Wildman–Crippen MR) is 99.8 cm³/mol. The van der Waals surface area contributed by atoms with Crippen molar-refractivity contribution in [3.63, 3.8) is 0 Å². The summed E-state index contributed by atoms with van der Waals surface area (Å²) < 4.78 is 5.24. The van der Waals surface area contributed by atoms with Crippen molar-refractivity contribution in [1.29, 1.82) is 0 Å². The quantitative estimate of drug-likeness (QED) is 0.637. The molecule has 0 radical (unpaired) electrons. The van der Waals surface area contributed by atoms with Gasteiger partial charge in [-0.05, 0) is 60.7 Å². The summed E-state index contributed by atoms with van der Waals surface area (Å²) in [6.07, 6.45) is 0. The second-order valence-corrected chi connectivity index (χ2v) is 5.76. The maximum atomic E-state index is 12.3. The van der Waals surface area contributed by atoms with E-state index in [0.29, 0.717) is 28.3 Å². The highest BCUT2D eigenvalue weighted by Crippen LogP contribution is 2.24. The molecule has 27 heavy (non-hydrogen) atoms. The number of aromatic carboxylic acids is 1. The third-order valence-corrected chi connectivity index (χ3v) is 3.71. The molecule has 3 aromatic rings. The van der Waals surface area contributed by atoms with Crippen LogP contribution in [0, 0.1) is 0 Å². The number of carbonyl (C=O) groups excluding carboxylic acids is 2. The number of nitrogens with one attached hydrogen (secondary N) is 2. The fraction of sp³-hybridized carbons (Fsp3) is 0.0500. The first-order valence-corrected chi connectivity index (χ1v) is 8.05. The van der Waals surface area contributed by atoms with E-state index >= 15 is 0 Å². The lowest BCUT2D eigenvalue weighted by Gasteiger charge is -2.07. The van der Waals surface area contributed by atoms with E-state index in [-0.39, 0.29) is 17.6 Å². The number of amides is 2. The van der Waals surface area contributed by atoms with Crippen LogP contribution in [0.1, 0.15) is 27.8 Å². The molecule has 0 spiro atoms. The third kappa shape index (κ3) is 4.40. The lowest BCUT2D eigenvalue weighted by atomic mass is 10.1. The monoisotopic (exact) mass is 364 g/mol. The summed E-state index contributed by atoms with van der Waals surface area (Å²) in [7, 11) is 0. The van der Waals surface area contributed by atoms with Crippen molar-refractivity contribution in [3.8, 4) is 11.3 Å². The largest absolute Gasteiger partial charge is 0.475 e. The number of carbonyl (C=O) groups is 3. The van der Waals surface area contributed by atoms with Crippen LogP contribution in [-0.2, 0) is 4.79 Å². The smallest absolute Gasteiger partial charge is 0.371 e. The molecule has 0 atom stereocenters. The van der Waals surface area contributed by atoms with Crippen LogP contribution >= 0.6 is 0 Å². The molecule has 0 bridgehead atoms. The minimum atomic E-state index is -1.13. The van der Waals surface area contributed by atoms with Crippen LogP contribution in [0.4, 0.5) is 11.4 Å². The third-order valence-electron chi connectivity index (χ3n) is 3.71. The molecule has 3 rings (SSSR count). The van der Waals surface area contributed by atoms with Gasteiger partial charge in [-0.2, -0.15) is 0 Å². The topological polar surface area (TPSA) is 109 Å². The zero-order valence-corrected chi connectivity index (χ0v) is 14.4. The first-order chi connectivity index (χ1) is 12.9. The van der Waals surface area contributed by atoms with E-state index in [4.69, 9.17) is 9.52 Å². The SMILES string of the molecule is CC(=O)Nc1ccc(C(=O)Nc2ccc(-c3ccc(C(=O)O)o3)cc2)cc1. The molecule has 0 saturated carbocycles. The normalized spacial score (nSPS) is 10.3. The summed E-state index contributed by atoms with van der Waals surface area (Å²) in [5.74, 6) is -1.30. The van der Waals surface area contributed by atoms with Crippen molar-refractivity contribution in [2.75, 3.05) is 10.6 Å². The average Bonchev–Trinajstić information content (AvgIpc) is 3.13. The Hall–Kier alpha value is -3.87. The van der Waals surface area contributed by atoms with Gasteiger partial charge in [0.1, 0.15) is 5.76 Å². The van der Waals surface area contributed by atoms with E-state index in [1.165, 1.54) is 13.0 Å². The van der Waals surface area contributed by atoms with Gasteiger partial charge in [0.25, 0.3) is 5.91 Å². The van der Waals surface area contributed by atoms with E-state index in [9.17, 15) is 14.4 Å². The van der Waals surface area contributed by atoms with Gasteiger partial charge in [0.05, 0.1) is 0 Å². The molecule has 136 valence electrons. The van der Waals surface area contributed by atoms with E-state index in [2.05, 4.69) is 10.6 Å². The molecule has 7 heteroatoms. The summed E-state index contributed by atoms with van der Waals surface area (Å²) in [5, 5.41) is 14.3. The van der Waals surface area contributed by atoms with Crippen LogP contribution in [-0.4, -0.2) is 22.9 Å². The van der Waals surface area contributed by atoms with Gasteiger partial charge in [-0.25, -0.2) is 4.79 Å². The Morgan fingerprint density at radius 1 is 0.815 bits per heavy atom. The number of benzene rings is 2. The van der Waals surface area contributed by atoms with Gasteiger partial charge >= 0.3 is 5.97 Å². The zero-order chi connectivity index (χ0) is 19.4. The fourth-order valence-electron chi connectivity index (χ4n) is 2.44. The zero-order valence-electron chi connectivity index (χ0n) is 14.4. The summed E-state index contributed by atoms with van der Waals surface area (Å²) >= 11 is 0. The predicted octanol–water partition coefficient (Wildman–Crippen LogP) is 3.86. The molecule has 2 amide bonds. The number of carboxylic acids is 1. The molecule has 0 aliphatic carbocycles. The van der Waals surface area contributed by atoms with Crippen LogP contribution < -0.4 is 10.6 Å². The Morgan fingerprint density at radius 3 is 1.96 bits per heavy atom. The Morgan fingerprint density at radius 2 is 1.41 bits per heavy atom. The number of hydrogen-bond acceptors (Lipinski definition) is 4. The highest BCUT2D eigenvalue weighted by atomic mass is 16.4. The summed E-state index contributed by atoms with van der Waals surface area (Å²) in [6, 6.07) is 16.3. The molecule has 0 fully saturated rings. The van der Waals surface area contributed by atoms with Gasteiger partial charge in [-0.3, -0.25) is 9.59 Å². The van der Waals surface area contributed by atoms with Crippen LogP contribution in [0.2, 0.25) is 0 Å². The van der Waals surface area contributed by atoms with E-state index in [1.807, 2.05) is 0 Å². The maximum Gasteiger partial charge on any atom is 0.371 e. The molecule has 3 N–H and O–H groups in total. The summed E-state index contributed by atoms with van der Waals surface area (Å²) in [6.45, 7) is 1.41. The molecular weight excluding hydrogens is 348 g/mol. The van der Waals surface area contributed by atoms with Gasteiger partial charge < -0.3 is 20.2 Å². The summed E-state index contributed by atoms with van der Waals surface area (Å²) in [5.41, 5.74) is 2.34. The number of anilines is 2. The molecule has 1 aromatic heterocycles. The maximum absolute atomic E-state index is 12.3. The molecule has 7 nitrogen and oxygen atoms in total. The highest BCUT2D eigenvalue weighted by molar-refractivity contribution is 6.04. The standard InChI is InChI=1S/C20H16N2O5/c1-12(23)21-15-8-4-14(5-9-15)19(24)22-16-6-2-13(3-7-16)17-10-11-18(27-17)20(25)26/h2-11H,1H3,(H,21,23)(H,22,24)(H,25,26).